The molecule has 0 radical (unpaired) electrons. The highest BCUT2D eigenvalue weighted by atomic mass is 31.1. The number of nitrogens with one attached hydrogen (secondary N) is 1. The molecule has 0 saturated carbocycles. The topological polar surface area (TPSA) is 12.0 Å². The minimum atomic E-state index is -0.641. The van der Waals surface area contributed by atoms with Gasteiger partial charge in [-0.25, -0.2) is 8.78 Å². The molecule has 0 aliphatic carbocycles. The molecule has 0 fully saturated rings. The monoisotopic (exact) mass is 227 g/mol. The highest BCUT2D eigenvalue weighted by Gasteiger charge is 2.11. The molecule has 1 rings (SSSR count). The molecule has 0 heterocycles. The summed E-state index contributed by atoms with van der Waals surface area (Å²) in [4.78, 5) is 0. The molecule has 15 heavy (non-hydrogen) atoms. The molecule has 0 aliphatic rings. The van der Waals surface area contributed by atoms with Gasteiger partial charge in [-0.3, -0.25) is 0 Å². The van der Waals surface area contributed by atoms with Crippen LogP contribution in [0.25, 0.3) is 0 Å². The molecule has 0 saturated heterocycles. The Bertz CT molecular complexity index is 396. The molecule has 0 aromatic heterocycles. The van der Waals surface area contributed by atoms with Gasteiger partial charge < -0.3 is 5.32 Å². The Kier molecular flexibility index (Phi) is 4.05. The van der Waals surface area contributed by atoms with E-state index in [2.05, 4.69) is 11.2 Å². The van der Waals surface area contributed by atoms with Crippen LogP contribution in [0, 0.1) is 24.0 Å². The molecule has 1 aromatic rings. The van der Waals surface area contributed by atoms with Crippen LogP contribution in [0.2, 0.25) is 0 Å². The lowest BCUT2D eigenvalue weighted by Gasteiger charge is -2.11. The predicted octanol–water partition coefficient (Wildman–Crippen LogP) is 2.38. The molecule has 1 nitrogen and oxygen atoms in total. The minimum Gasteiger partial charge on any atom is -0.372 e. The molecular formula is C11H12F2NP. The van der Waals surface area contributed by atoms with E-state index in [9.17, 15) is 8.78 Å². The number of benzene rings is 1. The zero-order valence-corrected chi connectivity index (χ0v) is 9.54. The van der Waals surface area contributed by atoms with Crippen molar-refractivity contribution in [3.05, 3.63) is 23.8 Å². The largest absolute Gasteiger partial charge is 0.372 e. The molecule has 1 aromatic carbocycles. The van der Waals surface area contributed by atoms with Gasteiger partial charge in [0.15, 0.2) is 0 Å². The van der Waals surface area contributed by atoms with E-state index in [0.29, 0.717) is 5.30 Å². The van der Waals surface area contributed by atoms with Gasteiger partial charge in [-0.15, -0.1) is 6.42 Å². The summed E-state index contributed by atoms with van der Waals surface area (Å²) in [5.41, 5.74) is 0.117. The minimum absolute atomic E-state index is 0.117. The summed E-state index contributed by atoms with van der Waals surface area (Å²) in [6, 6.07) is 2.39. The van der Waals surface area contributed by atoms with Crippen molar-refractivity contribution in [1.82, 2.24) is 0 Å². The van der Waals surface area contributed by atoms with Gasteiger partial charge in [0.05, 0.1) is 12.2 Å². The SMILES string of the molecule is C#CCNc1cc(F)c(P(C)C)cc1F. The van der Waals surface area contributed by atoms with Crippen LogP contribution >= 0.6 is 7.92 Å². The Hall–Kier alpha value is -1.13. The van der Waals surface area contributed by atoms with Gasteiger partial charge in [0.25, 0.3) is 0 Å². The first-order chi connectivity index (χ1) is 7.06. The van der Waals surface area contributed by atoms with Crippen LogP contribution in [-0.2, 0) is 0 Å². The highest BCUT2D eigenvalue weighted by molar-refractivity contribution is 7.64. The van der Waals surface area contributed by atoms with Gasteiger partial charge >= 0.3 is 0 Å². The second kappa shape index (κ2) is 5.09. The van der Waals surface area contributed by atoms with Crippen LogP contribution < -0.4 is 10.6 Å². The number of halogens is 2. The van der Waals surface area contributed by atoms with E-state index in [-0.39, 0.29) is 18.0 Å². The van der Waals surface area contributed by atoms with E-state index in [1.807, 2.05) is 13.3 Å². The lowest BCUT2D eigenvalue weighted by atomic mass is 10.3. The first kappa shape index (κ1) is 11.9. The van der Waals surface area contributed by atoms with Crippen LogP contribution in [0.1, 0.15) is 0 Å². The second-order valence-electron chi connectivity index (χ2n) is 3.24. The van der Waals surface area contributed by atoms with Crippen LogP contribution in [0.15, 0.2) is 12.1 Å². The van der Waals surface area contributed by atoms with Gasteiger partial charge in [0.1, 0.15) is 11.6 Å². The second-order valence-corrected chi connectivity index (χ2v) is 5.51. The fourth-order valence-electron chi connectivity index (χ4n) is 1.16. The molecule has 0 unspecified atom stereocenters. The van der Waals surface area contributed by atoms with Gasteiger partial charge in [0.2, 0.25) is 0 Å². The quantitative estimate of drug-likeness (QED) is 0.617. The van der Waals surface area contributed by atoms with Gasteiger partial charge in [0, 0.05) is 11.4 Å². The number of anilines is 1. The van der Waals surface area contributed by atoms with Crippen LogP contribution in [0.4, 0.5) is 14.5 Å². The number of rotatable bonds is 3. The lowest BCUT2D eigenvalue weighted by Crippen LogP contribution is -2.10. The Morgan fingerprint density at radius 1 is 1.33 bits per heavy atom. The van der Waals surface area contributed by atoms with Crippen LogP contribution in [0.5, 0.6) is 0 Å². The summed E-state index contributed by atoms with van der Waals surface area (Å²) in [5, 5.41) is 3.06. The summed E-state index contributed by atoms with van der Waals surface area (Å²) < 4.78 is 26.9. The van der Waals surface area contributed by atoms with E-state index in [4.69, 9.17) is 6.42 Å². The van der Waals surface area contributed by atoms with Gasteiger partial charge in [-0.1, -0.05) is 13.8 Å². The van der Waals surface area contributed by atoms with Crippen molar-refractivity contribution in [2.75, 3.05) is 25.2 Å². The summed E-state index contributed by atoms with van der Waals surface area (Å²) in [5.74, 6) is 1.46. The first-order valence-corrected chi connectivity index (χ1v) is 6.63. The molecule has 4 heteroatoms. The fourth-order valence-corrected chi connectivity index (χ4v) is 2.02. The summed E-state index contributed by atoms with van der Waals surface area (Å²) in [6.45, 7) is 3.94. The maximum atomic E-state index is 13.5. The summed E-state index contributed by atoms with van der Waals surface area (Å²) in [7, 11) is -0.641. The maximum Gasteiger partial charge on any atom is 0.147 e. The molecule has 0 spiro atoms. The van der Waals surface area contributed by atoms with Crippen molar-refractivity contribution in [2.24, 2.45) is 0 Å². The standard InChI is InChI=1S/C11H12F2NP/c1-4-5-14-10-6-9(13)11(15(2)3)7-8(10)12/h1,6-7,14H,5H2,2-3H3. The van der Waals surface area contributed by atoms with Crippen molar-refractivity contribution < 1.29 is 8.78 Å². The van der Waals surface area contributed by atoms with E-state index >= 15 is 0 Å². The van der Waals surface area contributed by atoms with Crippen molar-refractivity contribution in [1.29, 1.82) is 0 Å². The number of hydrogen-bond acceptors (Lipinski definition) is 1. The normalized spacial score (nSPS) is 10.1. The molecule has 0 aliphatic heterocycles. The zero-order valence-electron chi connectivity index (χ0n) is 8.64. The average Bonchev–Trinajstić information content (AvgIpc) is 2.18. The van der Waals surface area contributed by atoms with E-state index in [1.165, 1.54) is 6.07 Å². The van der Waals surface area contributed by atoms with Crippen molar-refractivity contribution >= 4 is 18.9 Å². The van der Waals surface area contributed by atoms with E-state index < -0.39 is 13.7 Å². The smallest absolute Gasteiger partial charge is 0.147 e. The fraction of sp³-hybridized carbons (Fsp3) is 0.273. The first-order valence-electron chi connectivity index (χ1n) is 4.40. The van der Waals surface area contributed by atoms with Crippen molar-refractivity contribution in [2.45, 2.75) is 0 Å². The summed E-state index contributed by atoms with van der Waals surface area (Å²) >= 11 is 0. The third-order valence-electron chi connectivity index (χ3n) is 1.90. The lowest BCUT2D eigenvalue weighted by molar-refractivity contribution is 0.610. The number of terminal acetylenes is 1. The third-order valence-corrected chi connectivity index (χ3v) is 3.21. The Labute approximate surface area is 89.6 Å². The van der Waals surface area contributed by atoms with Crippen molar-refractivity contribution in [3.8, 4) is 12.3 Å². The Balaban J connectivity index is 3.04. The van der Waals surface area contributed by atoms with E-state index in [1.54, 1.807) is 0 Å². The summed E-state index contributed by atoms with van der Waals surface area (Å²) in [6.07, 6.45) is 5.02. The Morgan fingerprint density at radius 2 is 2.00 bits per heavy atom. The molecule has 80 valence electrons. The Morgan fingerprint density at radius 3 is 2.53 bits per heavy atom. The molecule has 0 atom stereocenters. The van der Waals surface area contributed by atoms with Gasteiger partial charge in [-0.2, -0.15) is 0 Å². The average molecular weight is 227 g/mol. The maximum absolute atomic E-state index is 13.5. The predicted molar refractivity (Wildman–Crippen MR) is 62.1 cm³/mol. The number of hydrogen-bond donors (Lipinski definition) is 1. The van der Waals surface area contributed by atoms with Crippen LogP contribution in [-0.4, -0.2) is 19.9 Å². The molecule has 1 N–H and O–H groups in total. The van der Waals surface area contributed by atoms with E-state index in [0.717, 1.165) is 6.07 Å². The van der Waals surface area contributed by atoms with Gasteiger partial charge in [-0.05, 0) is 19.4 Å². The highest BCUT2D eigenvalue weighted by Crippen LogP contribution is 2.27. The van der Waals surface area contributed by atoms with Crippen molar-refractivity contribution in [3.63, 3.8) is 0 Å². The molecule has 0 bridgehead atoms. The third kappa shape index (κ3) is 2.91. The molecule has 0 amide bonds. The van der Waals surface area contributed by atoms with Crippen LogP contribution in [0.3, 0.4) is 0 Å². The zero-order chi connectivity index (χ0) is 11.4. The molecular weight excluding hydrogens is 215 g/mol.